The van der Waals surface area contributed by atoms with Crippen molar-refractivity contribution in [2.75, 3.05) is 13.2 Å². The molecule has 0 fully saturated rings. The summed E-state index contributed by atoms with van der Waals surface area (Å²) in [5.41, 5.74) is 0.139. The molecule has 0 heterocycles. The maximum atomic E-state index is 13.5. The van der Waals surface area contributed by atoms with E-state index in [-0.39, 0.29) is 23.5 Å². The Kier molecular flexibility index (Phi) is 5.28. The largest absolute Gasteiger partial charge is 0.488 e. The van der Waals surface area contributed by atoms with E-state index < -0.39 is 11.9 Å². The SMILES string of the molecule is CC(C)(C)NCC(O)COc1ccc(C#N)cc1F. The van der Waals surface area contributed by atoms with Crippen LogP contribution in [0.4, 0.5) is 4.39 Å². The van der Waals surface area contributed by atoms with Crippen molar-refractivity contribution in [3.05, 3.63) is 29.6 Å². The summed E-state index contributed by atoms with van der Waals surface area (Å²) >= 11 is 0. The number of aliphatic hydroxyl groups excluding tert-OH is 1. The minimum absolute atomic E-state index is 0.00804. The summed E-state index contributed by atoms with van der Waals surface area (Å²) in [6.07, 6.45) is -0.728. The van der Waals surface area contributed by atoms with E-state index in [0.717, 1.165) is 6.07 Å². The van der Waals surface area contributed by atoms with Gasteiger partial charge in [0.25, 0.3) is 0 Å². The Morgan fingerprint density at radius 1 is 1.47 bits per heavy atom. The molecule has 0 saturated carbocycles. The van der Waals surface area contributed by atoms with Gasteiger partial charge in [-0.2, -0.15) is 5.26 Å². The molecule has 0 aliphatic rings. The van der Waals surface area contributed by atoms with Crippen LogP contribution in [0.2, 0.25) is 0 Å². The Bertz CT molecular complexity index is 463. The number of ether oxygens (including phenoxy) is 1. The molecule has 0 radical (unpaired) electrons. The van der Waals surface area contributed by atoms with Crippen molar-refractivity contribution in [3.63, 3.8) is 0 Å². The monoisotopic (exact) mass is 266 g/mol. The topological polar surface area (TPSA) is 65.3 Å². The van der Waals surface area contributed by atoms with E-state index in [9.17, 15) is 9.50 Å². The maximum Gasteiger partial charge on any atom is 0.166 e. The number of hydrogen-bond acceptors (Lipinski definition) is 4. The second-order valence-corrected chi connectivity index (χ2v) is 5.35. The van der Waals surface area contributed by atoms with Gasteiger partial charge in [0.2, 0.25) is 0 Å². The van der Waals surface area contributed by atoms with Gasteiger partial charge in [0.05, 0.1) is 11.6 Å². The van der Waals surface area contributed by atoms with Gasteiger partial charge in [-0.1, -0.05) is 0 Å². The number of halogens is 1. The number of aliphatic hydroxyl groups is 1. The molecule has 1 rings (SSSR count). The molecule has 19 heavy (non-hydrogen) atoms. The zero-order chi connectivity index (χ0) is 14.5. The third-order valence-electron chi connectivity index (χ3n) is 2.36. The van der Waals surface area contributed by atoms with Crippen molar-refractivity contribution in [3.8, 4) is 11.8 Å². The lowest BCUT2D eigenvalue weighted by Gasteiger charge is -2.23. The Balaban J connectivity index is 2.46. The number of benzene rings is 1. The van der Waals surface area contributed by atoms with Crippen LogP contribution in [0.15, 0.2) is 18.2 Å². The molecule has 0 aromatic heterocycles. The Morgan fingerprint density at radius 2 is 2.16 bits per heavy atom. The Morgan fingerprint density at radius 3 is 2.68 bits per heavy atom. The van der Waals surface area contributed by atoms with E-state index in [1.54, 1.807) is 0 Å². The van der Waals surface area contributed by atoms with Gasteiger partial charge in [-0.25, -0.2) is 4.39 Å². The second kappa shape index (κ2) is 6.50. The van der Waals surface area contributed by atoms with E-state index in [0.29, 0.717) is 6.54 Å². The van der Waals surface area contributed by atoms with Crippen molar-refractivity contribution in [1.29, 1.82) is 5.26 Å². The van der Waals surface area contributed by atoms with Gasteiger partial charge in [-0.3, -0.25) is 0 Å². The highest BCUT2D eigenvalue weighted by atomic mass is 19.1. The summed E-state index contributed by atoms with van der Waals surface area (Å²) in [7, 11) is 0. The zero-order valence-corrected chi connectivity index (χ0v) is 11.4. The fourth-order valence-electron chi connectivity index (χ4n) is 1.36. The lowest BCUT2D eigenvalue weighted by atomic mass is 10.1. The second-order valence-electron chi connectivity index (χ2n) is 5.35. The molecule has 5 heteroatoms. The molecule has 4 nitrogen and oxygen atoms in total. The van der Waals surface area contributed by atoms with Gasteiger partial charge < -0.3 is 15.2 Å². The summed E-state index contributed by atoms with van der Waals surface area (Å²) in [5, 5.41) is 21.4. The molecule has 0 spiro atoms. The normalized spacial score (nSPS) is 12.8. The first-order chi connectivity index (χ1) is 8.81. The van der Waals surface area contributed by atoms with Crippen LogP contribution in [0, 0.1) is 17.1 Å². The highest BCUT2D eigenvalue weighted by Gasteiger charge is 2.13. The van der Waals surface area contributed by atoms with Crippen molar-refractivity contribution < 1.29 is 14.2 Å². The van der Waals surface area contributed by atoms with Crippen molar-refractivity contribution in [1.82, 2.24) is 5.32 Å². The minimum atomic E-state index is -0.728. The van der Waals surface area contributed by atoms with Crippen LogP contribution in [0.3, 0.4) is 0 Å². The molecule has 0 aliphatic carbocycles. The van der Waals surface area contributed by atoms with E-state index in [1.807, 2.05) is 26.8 Å². The van der Waals surface area contributed by atoms with Crippen molar-refractivity contribution in [2.45, 2.75) is 32.4 Å². The van der Waals surface area contributed by atoms with Gasteiger partial charge in [-0.05, 0) is 39.0 Å². The molecule has 1 aromatic rings. The smallest absolute Gasteiger partial charge is 0.166 e. The predicted molar refractivity (Wildman–Crippen MR) is 70.4 cm³/mol. The summed E-state index contributed by atoms with van der Waals surface area (Å²) in [5.74, 6) is -0.566. The van der Waals surface area contributed by atoms with Crippen LogP contribution in [-0.2, 0) is 0 Å². The van der Waals surface area contributed by atoms with E-state index in [2.05, 4.69) is 5.32 Å². The summed E-state index contributed by atoms with van der Waals surface area (Å²) in [6, 6.07) is 5.81. The molecule has 1 aromatic carbocycles. The first-order valence-electron chi connectivity index (χ1n) is 6.07. The van der Waals surface area contributed by atoms with Gasteiger partial charge in [-0.15, -0.1) is 0 Å². The fourth-order valence-corrected chi connectivity index (χ4v) is 1.36. The third kappa shape index (κ3) is 5.69. The van der Waals surface area contributed by atoms with Crippen LogP contribution in [-0.4, -0.2) is 29.9 Å². The van der Waals surface area contributed by atoms with Crippen molar-refractivity contribution in [2.24, 2.45) is 0 Å². The van der Waals surface area contributed by atoms with Gasteiger partial charge in [0.1, 0.15) is 12.7 Å². The summed E-state index contributed by atoms with van der Waals surface area (Å²) in [4.78, 5) is 0. The number of hydrogen-bond donors (Lipinski definition) is 2. The molecular weight excluding hydrogens is 247 g/mol. The number of β-amino-alcohol motifs (C(OH)–C–C–N with tert-alkyl or cyclic N) is 1. The lowest BCUT2D eigenvalue weighted by molar-refractivity contribution is 0.0980. The standard InChI is InChI=1S/C14H19FN2O2/c1-14(2,3)17-8-11(18)9-19-13-5-4-10(7-16)6-12(13)15/h4-6,11,17-18H,8-9H2,1-3H3. The number of rotatable bonds is 5. The molecule has 104 valence electrons. The predicted octanol–water partition coefficient (Wildman–Crippen LogP) is 1.83. The average molecular weight is 266 g/mol. The summed E-state index contributed by atoms with van der Waals surface area (Å²) < 4.78 is 18.7. The van der Waals surface area contributed by atoms with Crippen LogP contribution in [0.5, 0.6) is 5.75 Å². The van der Waals surface area contributed by atoms with E-state index in [4.69, 9.17) is 10.00 Å². The molecule has 0 aliphatic heterocycles. The third-order valence-corrected chi connectivity index (χ3v) is 2.36. The Hall–Kier alpha value is -1.64. The Labute approximate surface area is 112 Å². The molecular formula is C14H19FN2O2. The molecule has 0 amide bonds. The van der Waals surface area contributed by atoms with Crippen LogP contribution in [0.25, 0.3) is 0 Å². The minimum Gasteiger partial charge on any atom is -0.488 e. The van der Waals surface area contributed by atoms with Crippen molar-refractivity contribution >= 4 is 0 Å². The number of nitrogens with zero attached hydrogens (tertiary/aromatic N) is 1. The first kappa shape index (κ1) is 15.4. The molecule has 1 atom stereocenters. The molecule has 0 saturated heterocycles. The van der Waals surface area contributed by atoms with Crippen LogP contribution < -0.4 is 10.1 Å². The van der Waals surface area contributed by atoms with E-state index >= 15 is 0 Å². The summed E-state index contributed by atoms with van der Waals surface area (Å²) in [6.45, 7) is 6.32. The number of nitriles is 1. The van der Waals surface area contributed by atoms with Gasteiger partial charge in [0.15, 0.2) is 11.6 Å². The molecule has 0 bridgehead atoms. The van der Waals surface area contributed by atoms with Gasteiger partial charge >= 0.3 is 0 Å². The highest BCUT2D eigenvalue weighted by molar-refractivity contribution is 5.35. The first-order valence-corrected chi connectivity index (χ1v) is 6.07. The van der Waals surface area contributed by atoms with E-state index in [1.165, 1.54) is 12.1 Å². The van der Waals surface area contributed by atoms with Gasteiger partial charge in [0, 0.05) is 12.1 Å². The van der Waals surface area contributed by atoms with Crippen LogP contribution in [0.1, 0.15) is 26.3 Å². The highest BCUT2D eigenvalue weighted by Crippen LogP contribution is 2.18. The molecule has 2 N–H and O–H groups in total. The average Bonchev–Trinajstić information content (AvgIpc) is 2.34. The lowest BCUT2D eigenvalue weighted by Crippen LogP contribution is -2.42. The fraction of sp³-hybridized carbons (Fsp3) is 0.500. The maximum absolute atomic E-state index is 13.5. The van der Waals surface area contributed by atoms with Crippen LogP contribution >= 0.6 is 0 Å². The zero-order valence-electron chi connectivity index (χ0n) is 11.4. The molecule has 1 unspecified atom stereocenters. The quantitative estimate of drug-likeness (QED) is 0.853. The number of nitrogens with one attached hydrogen (secondary N) is 1.